The molecule has 1 fully saturated rings. The van der Waals surface area contributed by atoms with E-state index in [1.807, 2.05) is 24.3 Å². The summed E-state index contributed by atoms with van der Waals surface area (Å²) in [6.07, 6.45) is 4.73. The van der Waals surface area contributed by atoms with Gasteiger partial charge in [-0.1, -0.05) is 12.1 Å². The summed E-state index contributed by atoms with van der Waals surface area (Å²) in [5.41, 5.74) is 1.79. The fourth-order valence-electron chi connectivity index (χ4n) is 3.14. The Balaban J connectivity index is 1.44. The molecule has 2 heterocycles. The summed E-state index contributed by atoms with van der Waals surface area (Å²) in [6.45, 7) is 1.08. The van der Waals surface area contributed by atoms with Crippen LogP contribution in [0.1, 0.15) is 24.2 Å². The molecule has 1 saturated heterocycles. The number of nitrogens with zero attached hydrogens (tertiary/aromatic N) is 2. The lowest BCUT2D eigenvalue weighted by Gasteiger charge is -2.30. The highest BCUT2D eigenvalue weighted by atomic mass is 32.2. The Morgan fingerprint density at radius 3 is 2.61 bits per heavy atom. The van der Waals surface area contributed by atoms with Crippen LogP contribution in [-0.2, 0) is 28.0 Å². The Morgan fingerprint density at radius 1 is 1.29 bits per heavy atom. The highest BCUT2D eigenvalue weighted by molar-refractivity contribution is 7.87. The van der Waals surface area contributed by atoms with Gasteiger partial charge in [-0.2, -0.15) is 12.7 Å². The summed E-state index contributed by atoms with van der Waals surface area (Å²) >= 11 is 0. The number of piperidine rings is 1. The SMILES string of the molecule is CNS(=O)(=O)N1CCC(Cc2ccc(NC(=O)OCc3cnco3)cc2)CC1. The number of carbonyl (C=O) groups is 1. The average Bonchev–Trinajstić information content (AvgIpc) is 3.22. The van der Waals surface area contributed by atoms with Crippen LogP contribution in [0.25, 0.3) is 0 Å². The summed E-state index contributed by atoms with van der Waals surface area (Å²) in [5, 5.41) is 2.66. The zero-order valence-corrected chi connectivity index (χ0v) is 16.4. The fourth-order valence-corrected chi connectivity index (χ4v) is 4.09. The Bertz CT molecular complexity index is 860. The summed E-state index contributed by atoms with van der Waals surface area (Å²) in [7, 11) is -1.90. The standard InChI is InChI=1S/C18H24N4O5S/c1-19-28(24,25)22-8-6-15(7-9-22)10-14-2-4-16(5-3-14)21-18(23)26-12-17-11-20-13-27-17/h2-5,11,13,15,19H,6-10,12H2,1H3,(H,21,23). The lowest BCUT2D eigenvalue weighted by molar-refractivity contribution is 0.146. The van der Waals surface area contributed by atoms with Crippen LogP contribution in [-0.4, -0.2) is 43.9 Å². The molecule has 0 unspecified atom stereocenters. The van der Waals surface area contributed by atoms with Gasteiger partial charge in [0.25, 0.3) is 10.2 Å². The zero-order chi connectivity index (χ0) is 20.0. The summed E-state index contributed by atoms with van der Waals surface area (Å²) in [5.74, 6) is 0.910. The molecule has 0 aliphatic carbocycles. The van der Waals surface area contributed by atoms with Gasteiger partial charge in [0.2, 0.25) is 0 Å². The second kappa shape index (κ2) is 9.18. The quantitative estimate of drug-likeness (QED) is 0.726. The smallest absolute Gasteiger partial charge is 0.412 e. The molecule has 1 aromatic carbocycles. The van der Waals surface area contributed by atoms with E-state index in [1.165, 1.54) is 23.9 Å². The first-order chi connectivity index (χ1) is 13.5. The molecule has 2 N–H and O–H groups in total. The van der Waals surface area contributed by atoms with Crippen LogP contribution in [0.15, 0.2) is 41.3 Å². The van der Waals surface area contributed by atoms with Gasteiger partial charge < -0.3 is 9.15 Å². The minimum atomic E-state index is -3.33. The molecule has 0 radical (unpaired) electrons. The van der Waals surface area contributed by atoms with Crippen LogP contribution in [0.5, 0.6) is 0 Å². The van der Waals surface area contributed by atoms with E-state index in [1.54, 1.807) is 0 Å². The van der Waals surface area contributed by atoms with E-state index in [0.717, 1.165) is 24.8 Å². The van der Waals surface area contributed by atoms with Crippen LogP contribution in [0.2, 0.25) is 0 Å². The normalized spacial score (nSPS) is 16.0. The number of carbonyl (C=O) groups excluding carboxylic acids is 1. The van der Waals surface area contributed by atoms with E-state index in [-0.39, 0.29) is 6.61 Å². The van der Waals surface area contributed by atoms with E-state index in [9.17, 15) is 13.2 Å². The molecule has 0 bridgehead atoms. The van der Waals surface area contributed by atoms with Crippen molar-refractivity contribution in [3.05, 3.63) is 48.2 Å². The molecule has 1 aliphatic heterocycles. The topological polar surface area (TPSA) is 114 Å². The highest BCUT2D eigenvalue weighted by Gasteiger charge is 2.26. The van der Waals surface area contributed by atoms with Gasteiger partial charge in [-0.05, 0) is 42.9 Å². The van der Waals surface area contributed by atoms with Crippen LogP contribution in [0.4, 0.5) is 10.5 Å². The van der Waals surface area contributed by atoms with Gasteiger partial charge in [0.05, 0.1) is 6.20 Å². The van der Waals surface area contributed by atoms with Crippen molar-refractivity contribution in [2.75, 3.05) is 25.5 Å². The minimum absolute atomic E-state index is 0.0197. The largest absolute Gasteiger partial charge is 0.445 e. The maximum absolute atomic E-state index is 11.8. The summed E-state index contributed by atoms with van der Waals surface area (Å²) in [4.78, 5) is 15.5. The van der Waals surface area contributed by atoms with Gasteiger partial charge >= 0.3 is 6.09 Å². The average molecular weight is 408 g/mol. The molecule has 152 valence electrons. The predicted octanol–water partition coefficient (Wildman–Crippen LogP) is 2.14. The Morgan fingerprint density at radius 2 is 2.00 bits per heavy atom. The number of nitrogens with one attached hydrogen (secondary N) is 2. The third kappa shape index (κ3) is 5.54. The van der Waals surface area contributed by atoms with Crippen molar-refractivity contribution in [2.45, 2.75) is 25.9 Å². The van der Waals surface area contributed by atoms with Gasteiger partial charge in [0.15, 0.2) is 18.8 Å². The molecular weight excluding hydrogens is 384 g/mol. The zero-order valence-electron chi connectivity index (χ0n) is 15.6. The van der Waals surface area contributed by atoms with Crippen molar-refractivity contribution in [3.8, 4) is 0 Å². The Labute approximate surface area is 164 Å². The van der Waals surface area contributed by atoms with Crippen molar-refractivity contribution in [1.29, 1.82) is 0 Å². The van der Waals surface area contributed by atoms with E-state index < -0.39 is 16.3 Å². The van der Waals surface area contributed by atoms with Crippen molar-refractivity contribution < 1.29 is 22.4 Å². The number of aromatic nitrogens is 1. The molecule has 1 aliphatic rings. The van der Waals surface area contributed by atoms with Gasteiger partial charge in [0, 0.05) is 25.8 Å². The Hall–Kier alpha value is -2.43. The lowest BCUT2D eigenvalue weighted by atomic mass is 9.91. The van der Waals surface area contributed by atoms with Crippen LogP contribution in [0, 0.1) is 5.92 Å². The number of hydrogen-bond acceptors (Lipinski definition) is 6. The number of benzene rings is 1. The molecule has 0 atom stereocenters. The number of oxazole rings is 1. The molecule has 10 heteroatoms. The molecule has 1 amide bonds. The fraction of sp³-hybridized carbons (Fsp3) is 0.444. The lowest BCUT2D eigenvalue weighted by Crippen LogP contribution is -2.43. The molecule has 28 heavy (non-hydrogen) atoms. The van der Waals surface area contributed by atoms with Gasteiger partial charge in [0.1, 0.15) is 0 Å². The number of ether oxygens (including phenoxy) is 1. The molecule has 0 spiro atoms. The highest BCUT2D eigenvalue weighted by Crippen LogP contribution is 2.23. The monoisotopic (exact) mass is 408 g/mol. The minimum Gasteiger partial charge on any atom is -0.445 e. The first-order valence-electron chi connectivity index (χ1n) is 9.05. The van der Waals surface area contributed by atoms with E-state index in [4.69, 9.17) is 9.15 Å². The Kier molecular flexibility index (Phi) is 6.65. The molecule has 1 aromatic heterocycles. The molecule has 9 nitrogen and oxygen atoms in total. The van der Waals surface area contributed by atoms with Crippen LogP contribution >= 0.6 is 0 Å². The van der Waals surface area contributed by atoms with E-state index in [2.05, 4.69) is 15.0 Å². The number of hydrogen-bond donors (Lipinski definition) is 2. The van der Waals surface area contributed by atoms with Gasteiger partial charge in [-0.15, -0.1) is 0 Å². The van der Waals surface area contributed by atoms with Gasteiger partial charge in [-0.3, -0.25) is 5.32 Å². The molecule has 0 saturated carbocycles. The molecular formula is C18H24N4O5S. The van der Waals surface area contributed by atoms with Gasteiger partial charge in [-0.25, -0.2) is 14.5 Å². The second-order valence-corrected chi connectivity index (χ2v) is 8.50. The van der Waals surface area contributed by atoms with Crippen LogP contribution < -0.4 is 10.0 Å². The second-order valence-electron chi connectivity index (χ2n) is 6.62. The third-order valence-corrected chi connectivity index (χ3v) is 6.29. The van der Waals surface area contributed by atoms with Crippen molar-refractivity contribution in [3.63, 3.8) is 0 Å². The predicted molar refractivity (Wildman–Crippen MR) is 103 cm³/mol. The first-order valence-corrected chi connectivity index (χ1v) is 10.5. The number of anilines is 1. The van der Waals surface area contributed by atoms with Crippen molar-refractivity contribution in [1.82, 2.24) is 14.0 Å². The summed E-state index contributed by atoms with van der Waals surface area (Å²) in [6, 6.07) is 7.57. The number of amides is 1. The number of rotatable bonds is 7. The summed E-state index contributed by atoms with van der Waals surface area (Å²) < 4.78 is 37.5. The maximum Gasteiger partial charge on any atom is 0.412 e. The molecule has 2 aromatic rings. The molecule has 3 rings (SSSR count). The first kappa shape index (κ1) is 20.3. The third-order valence-electron chi connectivity index (χ3n) is 4.73. The van der Waals surface area contributed by atoms with E-state index >= 15 is 0 Å². The van der Waals surface area contributed by atoms with Crippen molar-refractivity contribution in [2.24, 2.45) is 5.92 Å². The van der Waals surface area contributed by atoms with Crippen LogP contribution in [0.3, 0.4) is 0 Å². The maximum atomic E-state index is 11.8. The van der Waals surface area contributed by atoms with Crippen molar-refractivity contribution >= 4 is 22.0 Å². The van der Waals surface area contributed by atoms with E-state index in [0.29, 0.717) is 30.5 Å².